The lowest BCUT2D eigenvalue weighted by Crippen LogP contribution is -2.41. The van der Waals surface area contributed by atoms with Gasteiger partial charge >= 0.3 is 0 Å². The molecule has 0 bridgehead atoms. The number of methoxy groups -OCH3 is 1. The van der Waals surface area contributed by atoms with Gasteiger partial charge in [0.05, 0.1) is 11.6 Å². The lowest BCUT2D eigenvalue weighted by atomic mass is 9.82. The summed E-state index contributed by atoms with van der Waals surface area (Å²) in [5, 5.41) is 3.67. The minimum absolute atomic E-state index is 0. The summed E-state index contributed by atoms with van der Waals surface area (Å²) in [5.41, 5.74) is 2.44. The minimum atomic E-state index is 0. The number of ether oxygens (including phenoxy) is 4. The number of rotatable bonds is 8. The second kappa shape index (κ2) is 10.3. The van der Waals surface area contributed by atoms with Gasteiger partial charge in [0, 0.05) is 12.1 Å². The largest absolute Gasteiger partial charge is 0.493 e. The van der Waals surface area contributed by atoms with E-state index in [4.69, 9.17) is 18.9 Å². The predicted molar refractivity (Wildman–Crippen MR) is 130 cm³/mol. The van der Waals surface area contributed by atoms with Crippen molar-refractivity contribution in [3.05, 3.63) is 45.9 Å². The smallest absolute Gasteiger partial charge is 0.231 e. The highest BCUT2D eigenvalue weighted by Crippen LogP contribution is 2.38. The summed E-state index contributed by atoms with van der Waals surface area (Å²) in [7, 11) is 1.66. The van der Waals surface area contributed by atoms with Gasteiger partial charge < -0.3 is 24.3 Å². The van der Waals surface area contributed by atoms with Crippen LogP contribution in [-0.4, -0.2) is 19.4 Å². The van der Waals surface area contributed by atoms with Crippen LogP contribution >= 0.6 is 28.3 Å². The maximum Gasteiger partial charge on any atom is 0.231 e. The standard InChI is InChI=1S/C24H32BrNO4.ClH/c1-23(2,3)14-24(4,5)26-12-17-9-18(25)22(21(11-17)27-6)28-13-16-7-8-19-20(10-16)30-15-29-19;/h7-11,26H,12-15H2,1-6H3;1H. The molecule has 0 fully saturated rings. The third-order valence-corrected chi connectivity index (χ3v) is 5.44. The van der Waals surface area contributed by atoms with Crippen molar-refractivity contribution < 1.29 is 18.9 Å². The van der Waals surface area contributed by atoms with Gasteiger partial charge in [-0.25, -0.2) is 0 Å². The molecule has 0 saturated heterocycles. The first-order valence-electron chi connectivity index (χ1n) is 10.2. The fourth-order valence-electron chi connectivity index (χ4n) is 3.93. The Kier molecular flexibility index (Phi) is 8.54. The molecule has 0 amide bonds. The zero-order valence-corrected chi connectivity index (χ0v) is 21.5. The van der Waals surface area contributed by atoms with E-state index in [1.54, 1.807) is 7.11 Å². The predicted octanol–water partition coefficient (Wildman–Crippen LogP) is 6.49. The second-order valence-electron chi connectivity index (χ2n) is 9.56. The second-order valence-corrected chi connectivity index (χ2v) is 10.4. The molecular weight excluding hydrogens is 482 g/mol. The fraction of sp³-hybridized carbons (Fsp3) is 0.500. The van der Waals surface area contributed by atoms with Gasteiger partial charge in [-0.3, -0.25) is 0 Å². The molecule has 5 nitrogen and oxygen atoms in total. The highest BCUT2D eigenvalue weighted by molar-refractivity contribution is 9.10. The third-order valence-electron chi connectivity index (χ3n) is 4.85. The van der Waals surface area contributed by atoms with Gasteiger partial charge in [0.15, 0.2) is 23.0 Å². The number of hydrogen-bond acceptors (Lipinski definition) is 5. The van der Waals surface area contributed by atoms with Crippen LogP contribution in [0.2, 0.25) is 0 Å². The average molecular weight is 515 g/mol. The van der Waals surface area contributed by atoms with Crippen LogP contribution < -0.4 is 24.3 Å². The minimum Gasteiger partial charge on any atom is -0.493 e. The van der Waals surface area contributed by atoms with Gasteiger partial charge in [-0.15, -0.1) is 12.4 Å². The van der Waals surface area contributed by atoms with Gasteiger partial charge in [0.2, 0.25) is 6.79 Å². The molecule has 0 aromatic heterocycles. The van der Waals surface area contributed by atoms with Gasteiger partial charge in [-0.2, -0.15) is 0 Å². The van der Waals surface area contributed by atoms with Gasteiger partial charge in [0.1, 0.15) is 6.61 Å². The van der Waals surface area contributed by atoms with Crippen molar-refractivity contribution in [1.82, 2.24) is 5.32 Å². The Bertz CT molecular complexity index is 896. The maximum atomic E-state index is 6.08. The number of nitrogens with one attached hydrogen (secondary N) is 1. The molecule has 1 aliphatic heterocycles. The molecular formula is C24H33BrClNO4. The van der Waals surface area contributed by atoms with Crippen LogP contribution in [0, 0.1) is 5.41 Å². The molecule has 1 N–H and O–H groups in total. The molecule has 1 aliphatic rings. The normalized spacial score (nSPS) is 13.0. The zero-order chi connectivity index (χ0) is 21.9. The zero-order valence-electron chi connectivity index (χ0n) is 19.1. The Balaban J connectivity index is 0.00000341. The van der Waals surface area contributed by atoms with Crippen molar-refractivity contribution >= 4 is 28.3 Å². The van der Waals surface area contributed by atoms with Crippen LogP contribution in [0.15, 0.2) is 34.8 Å². The van der Waals surface area contributed by atoms with E-state index in [1.165, 1.54) is 0 Å². The molecule has 172 valence electrons. The summed E-state index contributed by atoms with van der Waals surface area (Å²) < 4.78 is 23.4. The van der Waals surface area contributed by atoms with Crippen LogP contribution in [0.25, 0.3) is 0 Å². The lowest BCUT2D eigenvalue weighted by molar-refractivity contribution is 0.174. The summed E-state index contributed by atoms with van der Waals surface area (Å²) in [6.45, 7) is 12.7. The lowest BCUT2D eigenvalue weighted by Gasteiger charge is -2.33. The highest BCUT2D eigenvalue weighted by Gasteiger charge is 2.25. The molecule has 0 spiro atoms. The van der Waals surface area contributed by atoms with Gasteiger partial charge in [-0.1, -0.05) is 26.8 Å². The Hall–Kier alpha value is -1.63. The van der Waals surface area contributed by atoms with Crippen molar-refractivity contribution in [3.8, 4) is 23.0 Å². The van der Waals surface area contributed by atoms with Crippen LogP contribution in [-0.2, 0) is 13.2 Å². The Labute approximate surface area is 200 Å². The van der Waals surface area contributed by atoms with Crippen molar-refractivity contribution in [3.63, 3.8) is 0 Å². The van der Waals surface area contributed by atoms with E-state index in [-0.39, 0.29) is 30.2 Å². The molecule has 0 atom stereocenters. The van der Waals surface area contributed by atoms with E-state index in [2.05, 4.69) is 61.9 Å². The maximum absolute atomic E-state index is 6.08. The van der Waals surface area contributed by atoms with Crippen molar-refractivity contribution in [2.45, 2.75) is 59.7 Å². The molecule has 3 rings (SSSR count). The van der Waals surface area contributed by atoms with Crippen molar-refractivity contribution in [2.24, 2.45) is 5.41 Å². The van der Waals surface area contributed by atoms with E-state index in [1.807, 2.05) is 24.3 Å². The van der Waals surface area contributed by atoms with E-state index in [0.717, 1.165) is 40.1 Å². The molecule has 0 aliphatic carbocycles. The Morgan fingerprint density at radius 3 is 2.39 bits per heavy atom. The van der Waals surface area contributed by atoms with Crippen molar-refractivity contribution in [2.75, 3.05) is 13.9 Å². The van der Waals surface area contributed by atoms with Crippen LogP contribution in [0.3, 0.4) is 0 Å². The molecule has 0 unspecified atom stereocenters. The van der Waals surface area contributed by atoms with Crippen LogP contribution in [0.5, 0.6) is 23.0 Å². The molecule has 0 saturated carbocycles. The molecule has 7 heteroatoms. The van der Waals surface area contributed by atoms with Gasteiger partial charge in [-0.05, 0) is 77.0 Å². The molecule has 0 radical (unpaired) electrons. The first-order valence-corrected chi connectivity index (χ1v) is 11.0. The third kappa shape index (κ3) is 7.19. The summed E-state index contributed by atoms with van der Waals surface area (Å²) in [5.74, 6) is 2.91. The van der Waals surface area contributed by atoms with Crippen LogP contribution in [0.4, 0.5) is 0 Å². The van der Waals surface area contributed by atoms with Crippen LogP contribution in [0.1, 0.15) is 52.2 Å². The molecule has 1 heterocycles. The fourth-order valence-corrected chi connectivity index (χ4v) is 4.54. The van der Waals surface area contributed by atoms with Crippen molar-refractivity contribution in [1.29, 1.82) is 0 Å². The van der Waals surface area contributed by atoms with E-state index >= 15 is 0 Å². The average Bonchev–Trinajstić information content (AvgIpc) is 3.11. The number of benzene rings is 2. The molecule has 31 heavy (non-hydrogen) atoms. The first-order chi connectivity index (χ1) is 14.1. The monoisotopic (exact) mass is 513 g/mol. The van der Waals surface area contributed by atoms with E-state index < -0.39 is 0 Å². The van der Waals surface area contributed by atoms with E-state index in [0.29, 0.717) is 18.1 Å². The number of halogens is 2. The first kappa shape index (κ1) is 25.6. The summed E-state index contributed by atoms with van der Waals surface area (Å²) in [6, 6.07) is 9.93. The summed E-state index contributed by atoms with van der Waals surface area (Å²) in [4.78, 5) is 0. The number of hydrogen-bond donors (Lipinski definition) is 1. The molecule has 2 aromatic rings. The Morgan fingerprint density at radius 1 is 1.00 bits per heavy atom. The summed E-state index contributed by atoms with van der Waals surface area (Å²) in [6.07, 6.45) is 1.08. The Morgan fingerprint density at radius 2 is 1.71 bits per heavy atom. The molecule has 2 aromatic carbocycles. The number of fused-ring (bicyclic) bond motifs is 1. The quantitative estimate of drug-likeness (QED) is 0.436. The topological polar surface area (TPSA) is 49.0 Å². The van der Waals surface area contributed by atoms with Gasteiger partial charge in [0.25, 0.3) is 0 Å². The highest BCUT2D eigenvalue weighted by atomic mass is 79.9. The summed E-state index contributed by atoms with van der Waals surface area (Å²) >= 11 is 3.65. The SMILES string of the molecule is COc1cc(CNC(C)(C)CC(C)(C)C)cc(Br)c1OCc1ccc2c(c1)OCO2.Cl. The van der Waals surface area contributed by atoms with E-state index in [9.17, 15) is 0 Å².